The molecule has 0 fully saturated rings. The fraction of sp³-hybridized carbons (Fsp3) is 0.273. The van der Waals surface area contributed by atoms with E-state index in [1.165, 1.54) is 0 Å². The summed E-state index contributed by atoms with van der Waals surface area (Å²) in [5, 5.41) is 1.02. The van der Waals surface area contributed by atoms with Crippen molar-refractivity contribution in [1.29, 1.82) is 0 Å². The summed E-state index contributed by atoms with van der Waals surface area (Å²) < 4.78 is 11.3. The second-order valence-corrected chi connectivity index (χ2v) is 7.11. The van der Waals surface area contributed by atoms with Gasteiger partial charge in [0, 0.05) is 24.8 Å². The molecule has 0 aliphatic carbocycles. The van der Waals surface area contributed by atoms with Crippen LogP contribution in [-0.4, -0.2) is 30.6 Å². The Hall–Kier alpha value is -2.63. The monoisotopic (exact) mass is 397 g/mol. The summed E-state index contributed by atoms with van der Waals surface area (Å²) in [5.41, 5.74) is 1.41. The fourth-order valence-electron chi connectivity index (χ4n) is 3.70. The van der Waals surface area contributed by atoms with Crippen LogP contribution in [0.1, 0.15) is 41.1 Å². The molecular formula is C22H20ClNO4. The van der Waals surface area contributed by atoms with E-state index < -0.39 is 6.04 Å². The molecule has 1 aliphatic heterocycles. The van der Waals surface area contributed by atoms with E-state index in [9.17, 15) is 9.59 Å². The Morgan fingerprint density at radius 1 is 1.14 bits per heavy atom. The van der Waals surface area contributed by atoms with Crippen LogP contribution in [0, 0.1) is 0 Å². The van der Waals surface area contributed by atoms with Gasteiger partial charge in [0.2, 0.25) is 5.76 Å². The van der Waals surface area contributed by atoms with Crippen molar-refractivity contribution in [3.8, 4) is 0 Å². The molecule has 0 unspecified atom stereocenters. The number of ether oxygens (including phenoxy) is 1. The van der Waals surface area contributed by atoms with Crippen molar-refractivity contribution in [2.24, 2.45) is 0 Å². The largest absolute Gasteiger partial charge is 0.450 e. The highest BCUT2D eigenvalue weighted by Crippen LogP contribution is 2.38. The number of benzene rings is 2. The smallest absolute Gasteiger partial charge is 0.290 e. The van der Waals surface area contributed by atoms with Gasteiger partial charge in [0.15, 0.2) is 5.43 Å². The van der Waals surface area contributed by atoms with Gasteiger partial charge in [-0.15, -0.1) is 0 Å². The summed E-state index contributed by atoms with van der Waals surface area (Å²) >= 11 is 6.19. The van der Waals surface area contributed by atoms with E-state index in [0.717, 1.165) is 5.56 Å². The van der Waals surface area contributed by atoms with Crippen LogP contribution >= 0.6 is 11.6 Å². The molecule has 2 heterocycles. The Morgan fingerprint density at radius 2 is 1.96 bits per heavy atom. The molecule has 3 aromatic rings. The number of amides is 1. The van der Waals surface area contributed by atoms with Crippen LogP contribution in [0.3, 0.4) is 0 Å². The third-order valence-electron chi connectivity index (χ3n) is 4.93. The summed E-state index contributed by atoms with van der Waals surface area (Å²) in [4.78, 5) is 28.1. The summed E-state index contributed by atoms with van der Waals surface area (Å²) in [5.74, 6) is -0.163. The topological polar surface area (TPSA) is 59.8 Å². The van der Waals surface area contributed by atoms with E-state index >= 15 is 0 Å². The van der Waals surface area contributed by atoms with Gasteiger partial charge in [-0.1, -0.05) is 35.9 Å². The zero-order valence-corrected chi connectivity index (χ0v) is 16.2. The maximum Gasteiger partial charge on any atom is 0.290 e. The maximum absolute atomic E-state index is 13.3. The quantitative estimate of drug-likeness (QED) is 0.578. The SMILES string of the molecule is CCOCCCN1C(=O)c2oc3ccccc3c(=O)c2[C@@H]1c1cccc(Cl)c1. The Bertz CT molecular complexity index is 1090. The van der Waals surface area contributed by atoms with Crippen molar-refractivity contribution >= 4 is 28.5 Å². The molecule has 0 bridgehead atoms. The van der Waals surface area contributed by atoms with E-state index in [2.05, 4.69) is 0 Å². The molecule has 0 radical (unpaired) electrons. The number of carbonyl (C=O) groups excluding carboxylic acids is 1. The van der Waals surface area contributed by atoms with Crippen molar-refractivity contribution in [1.82, 2.24) is 4.90 Å². The van der Waals surface area contributed by atoms with Gasteiger partial charge in [-0.3, -0.25) is 9.59 Å². The Labute approximate surface area is 167 Å². The molecule has 5 nitrogen and oxygen atoms in total. The summed E-state index contributed by atoms with van der Waals surface area (Å²) in [6.07, 6.45) is 0.665. The first kappa shape index (κ1) is 18.7. The fourth-order valence-corrected chi connectivity index (χ4v) is 3.90. The molecule has 28 heavy (non-hydrogen) atoms. The van der Waals surface area contributed by atoms with Crippen LogP contribution in [0.4, 0.5) is 0 Å². The minimum atomic E-state index is -0.524. The number of carbonyl (C=O) groups is 1. The Kier molecular flexibility index (Phi) is 5.20. The molecule has 4 rings (SSSR count). The van der Waals surface area contributed by atoms with Crippen molar-refractivity contribution < 1.29 is 13.9 Å². The lowest BCUT2D eigenvalue weighted by Crippen LogP contribution is -2.31. The van der Waals surface area contributed by atoms with E-state index in [1.54, 1.807) is 41.3 Å². The molecule has 0 saturated heterocycles. The number of rotatable bonds is 6. The third-order valence-corrected chi connectivity index (χ3v) is 5.16. The van der Waals surface area contributed by atoms with Crippen molar-refractivity contribution in [3.63, 3.8) is 0 Å². The lowest BCUT2D eigenvalue weighted by molar-refractivity contribution is 0.0696. The van der Waals surface area contributed by atoms with Gasteiger partial charge in [-0.25, -0.2) is 0 Å². The average Bonchev–Trinajstić information content (AvgIpc) is 2.98. The maximum atomic E-state index is 13.3. The summed E-state index contributed by atoms with van der Waals surface area (Å²) in [7, 11) is 0. The first-order valence-corrected chi connectivity index (χ1v) is 9.69. The van der Waals surface area contributed by atoms with Crippen molar-refractivity contribution in [3.05, 3.63) is 80.7 Å². The number of halogens is 1. The lowest BCUT2D eigenvalue weighted by atomic mass is 9.98. The van der Waals surface area contributed by atoms with Crippen LogP contribution in [0.2, 0.25) is 5.02 Å². The van der Waals surface area contributed by atoms with Crippen LogP contribution in [0.25, 0.3) is 11.0 Å². The predicted octanol–water partition coefficient (Wildman–Crippen LogP) is 4.42. The highest BCUT2D eigenvalue weighted by atomic mass is 35.5. The molecule has 0 N–H and O–H groups in total. The van der Waals surface area contributed by atoms with Gasteiger partial charge in [-0.05, 0) is 43.2 Å². The predicted molar refractivity (Wildman–Crippen MR) is 108 cm³/mol. The second kappa shape index (κ2) is 7.78. The van der Waals surface area contributed by atoms with Gasteiger partial charge in [-0.2, -0.15) is 0 Å². The van der Waals surface area contributed by atoms with Gasteiger partial charge in [0.25, 0.3) is 5.91 Å². The first-order chi connectivity index (χ1) is 13.6. The number of para-hydroxylation sites is 1. The van der Waals surface area contributed by atoms with Crippen LogP contribution < -0.4 is 5.43 Å². The molecule has 1 amide bonds. The highest BCUT2D eigenvalue weighted by molar-refractivity contribution is 6.30. The standard InChI is InChI=1S/C22H20ClNO4/c1-2-27-12-6-11-24-19(14-7-5-8-15(23)13-14)18-20(25)16-9-3-4-10-17(16)28-21(18)22(24)26/h3-5,7-10,13,19H,2,6,11-12H2,1H3/t19-/m0/s1. The minimum absolute atomic E-state index is 0.116. The van der Waals surface area contributed by atoms with Crippen LogP contribution in [-0.2, 0) is 4.74 Å². The Balaban J connectivity index is 1.85. The Morgan fingerprint density at radius 3 is 2.75 bits per heavy atom. The van der Waals surface area contributed by atoms with Crippen LogP contribution in [0.15, 0.2) is 57.7 Å². The number of hydrogen-bond acceptors (Lipinski definition) is 4. The second-order valence-electron chi connectivity index (χ2n) is 6.68. The average molecular weight is 398 g/mol. The molecular weight excluding hydrogens is 378 g/mol. The van der Waals surface area contributed by atoms with Gasteiger partial charge in [0.1, 0.15) is 5.58 Å². The van der Waals surface area contributed by atoms with Gasteiger partial charge >= 0.3 is 0 Å². The van der Waals surface area contributed by atoms with E-state index in [-0.39, 0.29) is 17.1 Å². The molecule has 2 aromatic carbocycles. The van der Waals surface area contributed by atoms with Crippen molar-refractivity contribution in [2.45, 2.75) is 19.4 Å². The normalized spacial score (nSPS) is 16.0. The van der Waals surface area contributed by atoms with Gasteiger partial charge < -0.3 is 14.1 Å². The number of nitrogens with zero attached hydrogens (tertiary/aromatic N) is 1. The van der Waals surface area contributed by atoms with E-state index in [0.29, 0.717) is 47.7 Å². The molecule has 0 spiro atoms. The van der Waals surface area contributed by atoms with Crippen LogP contribution in [0.5, 0.6) is 0 Å². The lowest BCUT2D eigenvalue weighted by Gasteiger charge is -2.25. The third kappa shape index (κ3) is 3.21. The van der Waals surface area contributed by atoms with Crippen molar-refractivity contribution in [2.75, 3.05) is 19.8 Å². The molecule has 0 saturated carbocycles. The first-order valence-electron chi connectivity index (χ1n) is 9.31. The summed E-state index contributed by atoms with van der Waals surface area (Å²) in [6.45, 7) is 3.55. The zero-order valence-electron chi connectivity index (χ0n) is 15.5. The minimum Gasteiger partial charge on any atom is -0.450 e. The zero-order chi connectivity index (χ0) is 19.7. The molecule has 144 valence electrons. The molecule has 1 atom stereocenters. The van der Waals surface area contributed by atoms with E-state index in [1.807, 2.05) is 19.1 Å². The number of hydrogen-bond donors (Lipinski definition) is 0. The number of fused-ring (bicyclic) bond motifs is 2. The molecule has 6 heteroatoms. The molecule has 1 aromatic heterocycles. The summed E-state index contributed by atoms with van der Waals surface area (Å²) in [6, 6.07) is 13.7. The highest BCUT2D eigenvalue weighted by Gasteiger charge is 2.42. The molecule has 1 aliphatic rings. The van der Waals surface area contributed by atoms with E-state index in [4.69, 9.17) is 20.8 Å². The van der Waals surface area contributed by atoms with Gasteiger partial charge in [0.05, 0.1) is 17.0 Å².